The molecule has 2 aromatic heterocycles. The molecule has 0 atom stereocenters. The lowest BCUT2D eigenvalue weighted by molar-refractivity contribution is 0.0943. The molecular formula is C12H16N4OS. The van der Waals surface area contributed by atoms with Crippen LogP contribution in [0.4, 0.5) is 5.69 Å². The van der Waals surface area contributed by atoms with E-state index in [4.69, 9.17) is 5.73 Å². The number of amides is 1. The summed E-state index contributed by atoms with van der Waals surface area (Å²) in [5.41, 5.74) is 7.75. The Balaban J connectivity index is 2.05. The Labute approximate surface area is 110 Å². The zero-order chi connectivity index (χ0) is 13.3. The summed E-state index contributed by atoms with van der Waals surface area (Å²) in [6, 6.07) is 2.09. The van der Waals surface area contributed by atoms with Gasteiger partial charge < -0.3 is 11.1 Å². The third-order valence-corrected chi connectivity index (χ3v) is 3.97. The molecule has 2 rings (SSSR count). The van der Waals surface area contributed by atoms with E-state index in [1.165, 1.54) is 21.3 Å². The summed E-state index contributed by atoms with van der Waals surface area (Å²) in [7, 11) is 1.70. The lowest BCUT2D eigenvalue weighted by atomic mass is 10.3. The first-order chi connectivity index (χ1) is 8.49. The highest BCUT2D eigenvalue weighted by molar-refractivity contribution is 7.12. The Kier molecular flexibility index (Phi) is 3.38. The van der Waals surface area contributed by atoms with Crippen LogP contribution in [0.3, 0.4) is 0 Å². The molecule has 2 heterocycles. The molecule has 0 bridgehead atoms. The molecule has 18 heavy (non-hydrogen) atoms. The van der Waals surface area contributed by atoms with Gasteiger partial charge in [0.15, 0.2) is 0 Å². The second-order valence-electron chi connectivity index (χ2n) is 4.21. The zero-order valence-electron chi connectivity index (χ0n) is 10.7. The number of nitrogens with zero attached hydrogens (tertiary/aromatic N) is 2. The summed E-state index contributed by atoms with van der Waals surface area (Å²) in [6.07, 6.45) is 1.48. The number of anilines is 1. The quantitative estimate of drug-likeness (QED) is 0.884. The Hall–Kier alpha value is -1.82. The van der Waals surface area contributed by atoms with Gasteiger partial charge in [-0.1, -0.05) is 0 Å². The number of carbonyl (C=O) groups excluding carboxylic acids is 1. The van der Waals surface area contributed by atoms with E-state index in [0.717, 1.165) is 4.88 Å². The van der Waals surface area contributed by atoms with Gasteiger partial charge in [0.1, 0.15) is 5.69 Å². The van der Waals surface area contributed by atoms with Crippen molar-refractivity contribution in [2.75, 3.05) is 5.73 Å². The van der Waals surface area contributed by atoms with Crippen LogP contribution in [0.5, 0.6) is 0 Å². The van der Waals surface area contributed by atoms with Gasteiger partial charge in [0.05, 0.1) is 18.4 Å². The fraction of sp³-hybridized carbons (Fsp3) is 0.333. The summed E-state index contributed by atoms with van der Waals surface area (Å²) in [5.74, 6) is -0.198. The predicted octanol–water partition coefficient (Wildman–Crippen LogP) is 1.61. The van der Waals surface area contributed by atoms with Crippen molar-refractivity contribution >= 4 is 22.9 Å². The fourth-order valence-corrected chi connectivity index (χ4v) is 2.71. The SMILES string of the molecule is Cc1cc(CNC(=O)c2c(N)cnn2C)sc1C. The van der Waals surface area contributed by atoms with Gasteiger partial charge in [-0.15, -0.1) is 11.3 Å². The van der Waals surface area contributed by atoms with Crippen molar-refractivity contribution in [3.05, 3.63) is 33.3 Å². The first kappa shape index (κ1) is 12.6. The minimum absolute atomic E-state index is 0.198. The lowest BCUT2D eigenvalue weighted by Gasteiger charge is -2.04. The molecule has 3 N–H and O–H groups in total. The van der Waals surface area contributed by atoms with E-state index in [2.05, 4.69) is 30.3 Å². The van der Waals surface area contributed by atoms with E-state index in [1.54, 1.807) is 18.4 Å². The van der Waals surface area contributed by atoms with Crippen molar-refractivity contribution in [3.8, 4) is 0 Å². The van der Waals surface area contributed by atoms with Gasteiger partial charge in [-0.3, -0.25) is 9.48 Å². The lowest BCUT2D eigenvalue weighted by Crippen LogP contribution is -2.25. The van der Waals surface area contributed by atoms with Crippen molar-refractivity contribution in [1.29, 1.82) is 0 Å². The number of nitrogens with one attached hydrogen (secondary N) is 1. The molecule has 1 amide bonds. The van der Waals surface area contributed by atoms with E-state index in [0.29, 0.717) is 17.9 Å². The highest BCUT2D eigenvalue weighted by Gasteiger charge is 2.14. The summed E-state index contributed by atoms with van der Waals surface area (Å²) in [4.78, 5) is 14.4. The molecule has 0 aliphatic heterocycles. The monoisotopic (exact) mass is 264 g/mol. The molecule has 0 spiro atoms. The van der Waals surface area contributed by atoms with Crippen LogP contribution in [0.15, 0.2) is 12.3 Å². The number of nitrogens with two attached hydrogens (primary N) is 1. The summed E-state index contributed by atoms with van der Waals surface area (Å²) in [6.45, 7) is 4.66. The highest BCUT2D eigenvalue weighted by atomic mass is 32.1. The fourth-order valence-electron chi connectivity index (χ4n) is 1.72. The minimum Gasteiger partial charge on any atom is -0.396 e. The van der Waals surface area contributed by atoms with Crippen molar-refractivity contribution < 1.29 is 4.79 Å². The summed E-state index contributed by atoms with van der Waals surface area (Å²) in [5, 5.41) is 6.80. The van der Waals surface area contributed by atoms with Gasteiger partial charge in [-0.05, 0) is 25.5 Å². The number of hydrogen-bond donors (Lipinski definition) is 2. The molecule has 6 heteroatoms. The van der Waals surface area contributed by atoms with Crippen molar-refractivity contribution in [1.82, 2.24) is 15.1 Å². The number of hydrogen-bond acceptors (Lipinski definition) is 4. The maximum atomic E-state index is 12.0. The minimum atomic E-state index is -0.198. The van der Waals surface area contributed by atoms with Crippen molar-refractivity contribution in [2.45, 2.75) is 20.4 Å². The number of aryl methyl sites for hydroxylation is 3. The van der Waals surface area contributed by atoms with Crippen LogP contribution in [-0.4, -0.2) is 15.7 Å². The van der Waals surface area contributed by atoms with Crippen LogP contribution in [0.25, 0.3) is 0 Å². The van der Waals surface area contributed by atoms with Gasteiger partial charge >= 0.3 is 0 Å². The second kappa shape index (κ2) is 4.81. The Morgan fingerprint density at radius 2 is 2.28 bits per heavy atom. The van der Waals surface area contributed by atoms with Crippen LogP contribution in [0, 0.1) is 13.8 Å². The third kappa shape index (κ3) is 2.38. The topological polar surface area (TPSA) is 72.9 Å². The Morgan fingerprint density at radius 3 is 2.78 bits per heavy atom. The molecule has 0 fully saturated rings. The van der Waals surface area contributed by atoms with Crippen molar-refractivity contribution in [2.24, 2.45) is 7.05 Å². The van der Waals surface area contributed by atoms with E-state index in [-0.39, 0.29) is 5.91 Å². The Morgan fingerprint density at radius 1 is 1.56 bits per heavy atom. The summed E-state index contributed by atoms with van der Waals surface area (Å²) >= 11 is 1.69. The van der Waals surface area contributed by atoms with E-state index < -0.39 is 0 Å². The molecule has 0 aliphatic carbocycles. The number of nitrogen functional groups attached to an aromatic ring is 1. The first-order valence-corrected chi connectivity index (χ1v) is 6.42. The number of carbonyl (C=O) groups is 1. The van der Waals surface area contributed by atoms with Gasteiger partial charge in [0.25, 0.3) is 5.91 Å². The molecule has 0 radical (unpaired) electrons. The van der Waals surface area contributed by atoms with Crippen molar-refractivity contribution in [3.63, 3.8) is 0 Å². The third-order valence-electron chi connectivity index (χ3n) is 2.82. The van der Waals surface area contributed by atoms with Gasteiger partial charge in [0, 0.05) is 16.8 Å². The molecule has 0 unspecified atom stereocenters. The maximum Gasteiger partial charge on any atom is 0.271 e. The van der Waals surface area contributed by atoms with Crippen LogP contribution >= 0.6 is 11.3 Å². The van der Waals surface area contributed by atoms with Gasteiger partial charge in [-0.25, -0.2) is 0 Å². The Bertz CT molecular complexity index is 546. The normalized spacial score (nSPS) is 10.6. The molecule has 5 nitrogen and oxygen atoms in total. The van der Waals surface area contributed by atoms with E-state index in [9.17, 15) is 4.79 Å². The smallest absolute Gasteiger partial charge is 0.271 e. The zero-order valence-corrected chi connectivity index (χ0v) is 11.5. The highest BCUT2D eigenvalue weighted by Crippen LogP contribution is 2.20. The maximum absolute atomic E-state index is 12.0. The van der Waals surface area contributed by atoms with E-state index in [1.807, 2.05) is 0 Å². The average Bonchev–Trinajstić information content (AvgIpc) is 2.80. The molecule has 2 aromatic rings. The average molecular weight is 264 g/mol. The molecule has 0 aliphatic rings. The first-order valence-electron chi connectivity index (χ1n) is 5.60. The molecule has 96 valence electrons. The molecule has 0 saturated heterocycles. The number of aromatic nitrogens is 2. The standard InChI is InChI=1S/C12H16N4OS/c1-7-4-9(18-8(7)2)5-14-12(17)11-10(13)6-15-16(11)3/h4,6H,5,13H2,1-3H3,(H,14,17). The summed E-state index contributed by atoms with van der Waals surface area (Å²) < 4.78 is 1.48. The predicted molar refractivity (Wildman–Crippen MR) is 72.6 cm³/mol. The second-order valence-corrected chi connectivity index (χ2v) is 5.55. The van der Waals surface area contributed by atoms with Gasteiger partial charge in [0.2, 0.25) is 0 Å². The largest absolute Gasteiger partial charge is 0.396 e. The van der Waals surface area contributed by atoms with E-state index >= 15 is 0 Å². The molecule has 0 saturated carbocycles. The van der Waals surface area contributed by atoms with Crippen LogP contribution in [-0.2, 0) is 13.6 Å². The molecular weight excluding hydrogens is 248 g/mol. The van der Waals surface area contributed by atoms with Crippen LogP contribution in [0.1, 0.15) is 25.8 Å². The number of thiophene rings is 1. The van der Waals surface area contributed by atoms with Crippen LogP contribution < -0.4 is 11.1 Å². The van der Waals surface area contributed by atoms with Gasteiger partial charge in [-0.2, -0.15) is 5.10 Å². The number of rotatable bonds is 3. The molecule has 0 aromatic carbocycles. The van der Waals surface area contributed by atoms with Crippen LogP contribution in [0.2, 0.25) is 0 Å².